The van der Waals surface area contributed by atoms with Crippen LogP contribution in [0.15, 0.2) is 54.6 Å². The molecule has 4 heteroatoms. The molecule has 1 aliphatic carbocycles. The van der Waals surface area contributed by atoms with Gasteiger partial charge in [-0.05, 0) is 65.1 Å². The molecule has 3 aromatic rings. The number of amides is 2. The summed E-state index contributed by atoms with van der Waals surface area (Å²) in [6, 6.07) is 17.4. The molecular weight excluding hydrogens is 348 g/mol. The second-order valence-corrected chi connectivity index (χ2v) is 8.35. The van der Waals surface area contributed by atoms with E-state index in [0.29, 0.717) is 16.9 Å². The van der Waals surface area contributed by atoms with E-state index in [1.165, 1.54) is 16.5 Å². The van der Waals surface area contributed by atoms with Crippen LogP contribution in [0, 0.1) is 5.41 Å². The highest BCUT2D eigenvalue weighted by atomic mass is 16.2. The summed E-state index contributed by atoms with van der Waals surface area (Å²) in [5, 5.41) is 8.10. The fraction of sp³-hybridized carbons (Fsp3) is 0.250. The predicted octanol–water partition coefficient (Wildman–Crippen LogP) is 5.18. The average Bonchev–Trinajstić information content (AvgIpc) is 3.08. The van der Waals surface area contributed by atoms with Crippen LogP contribution in [0.2, 0.25) is 0 Å². The number of rotatable bonds is 3. The molecule has 0 atom stereocenters. The summed E-state index contributed by atoms with van der Waals surface area (Å²) in [5.74, 6) is -0.167. The highest BCUT2D eigenvalue weighted by Gasteiger charge is 2.21. The van der Waals surface area contributed by atoms with E-state index in [2.05, 4.69) is 22.8 Å². The van der Waals surface area contributed by atoms with Gasteiger partial charge >= 0.3 is 0 Å². The number of aryl methyl sites for hydroxylation is 2. The van der Waals surface area contributed by atoms with Gasteiger partial charge in [0, 0.05) is 22.4 Å². The zero-order valence-corrected chi connectivity index (χ0v) is 16.4. The molecule has 28 heavy (non-hydrogen) atoms. The molecule has 0 bridgehead atoms. The van der Waals surface area contributed by atoms with Gasteiger partial charge in [0.2, 0.25) is 5.91 Å². The normalized spacial score (nSPS) is 12.8. The first-order chi connectivity index (χ1) is 13.3. The maximum Gasteiger partial charge on any atom is 0.256 e. The SMILES string of the molecule is CC(C)(C)C(=O)Nc1ccc(NC(=O)c2ccc3c4c(cccc24)CC3)cc1. The molecule has 0 saturated carbocycles. The van der Waals surface area contributed by atoms with Gasteiger partial charge in [-0.15, -0.1) is 0 Å². The molecule has 2 amide bonds. The minimum atomic E-state index is -0.456. The van der Waals surface area contributed by atoms with Crippen molar-refractivity contribution in [2.45, 2.75) is 33.6 Å². The van der Waals surface area contributed by atoms with Crippen molar-refractivity contribution in [2.24, 2.45) is 5.41 Å². The first-order valence-corrected chi connectivity index (χ1v) is 9.59. The monoisotopic (exact) mass is 372 g/mol. The van der Waals surface area contributed by atoms with Gasteiger partial charge in [0.15, 0.2) is 0 Å². The molecule has 142 valence electrons. The van der Waals surface area contributed by atoms with E-state index in [1.54, 1.807) is 24.3 Å². The predicted molar refractivity (Wildman–Crippen MR) is 114 cm³/mol. The smallest absolute Gasteiger partial charge is 0.256 e. The Labute approximate surface area is 165 Å². The molecule has 1 aliphatic rings. The third kappa shape index (κ3) is 3.38. The molecule has 4 nitrogen and oxygen atoms in total. The molecule has 4 rings (SSSR count). The number of anilines is 2. The van der Waals surface area contributed by atoms with Crippen LogP contribution in [0.1, 0.15) is 42.3 Å². The molecule has 0 aromatic heterocycles. The second-order valence-electron chi connectivity index (χ2n) is 8.35. The Morgan fingerprint density at radius 1 is 0.786 bits per heavy atom. The zero-order chi connectivity index (χ0) is 19.9. The fourth-order valence-corrected chi connectivity index (χ4v) is 3.60. The Bertz CT molecular complexity index is 1070. The number of nitrogens with one attached hydrogen (secondary N) is 2. The quantitative estimate of drug-likeness (QED) is 0.666. The topological polar surface area (TPSA) is 58.2 Å². The van der Waals surface area contributed by atoms with Gasteiger partial charge in [0.1, 0.15) is 0 Å². The van der Waals surface area contributed by atoms with Crippen molar-refractivity contribution in [3.05, 3.63) is 71.3 Å². The summed E-state index contributed by atoms with van der Waals surface area (Å²) < 4.78 is 0. The summed E-state index contributed by atoms with van der Waals surface area (Å²) >= 11 is 0. The lowest BCUT2D eigenvalue weighted by Crippen LogP contribution is -2.27. The van der Waals surface area contributed by atoms with Gasteiger partial charge in [-0.2, -0.15) is 0 Å². The molecule has 0 unspecified atom stereocenters. The van der Waals surface area contributed by atoms with Crippen LogP contribution in [-0.2, 0) is 17.6 Å². The molecule has 0 saturated heterocycles. The van der Waals surface area contributed by atoms with E-state index in [-0.39, 0.29) is 11.8 Å². The standard InChI is InChI=1S/C24H24N2O2/c1-24(2,3)23(28)26-18-12-10-17(11-13-18)25-22(27)20-14-9-16-8-7-15-5-4-6-19(20)21(15)16/h4-6,9-14H,7-8H2,1-3H3,(H,25,27)(H,26,28). The number of benzene rings is 3. The van der Waals surface area contributed by atoms with Crippen LogP contribution in [-0.4, -0.2) is 11.8 Å². The van der Waals surface area contributed by atoms with Crippen LogP contribution in [0.4, 0.5) is 11.4 Å². The molecule has 0 spiro atoms. The second kappa shape index (κ2) is 6.79. The lowest BCUT2D eigenvalue weighted by Gasteiger charge is -2.17. The minimum Gasteiger partial charge on any atom is -0.326 e. The number of hydrogen-bond donors (Lipinski definition) is 2. The van der Waals surface area contributed by atoms with Crippen molar-refractivity contribution < 1.29 is 9.59 Å². The van der Waals surface area contributed by atoms with Gasteiger partial charge in [0.05, 0.1) is 0 Å². The van der Waals surface area contributed by atoms with Gasteiger partial charge in [0.25, 0.3) is 5.91 Å². The summed E-state index contributed by atoms with van der Waals surface area (Å²) in [5.41, 5.74) is 4.28. The van der Waals surface area contributed by atoms with Crippen molar-refractivity contribution in [2.75, 3.05) is 10.6 Å². The Morgan fingerprint density at radius 2 is 1.39 bits per heavy atom. The zero-order valence-electron chi connectivity index (χ0n) is 16.4. The van der Waals surface area contributed by atoms with E-state index in [9.17, 15) is 9.59 Å². The number of hydrogen-bond acceptors (Lipinski definition) is 2. The molecule has 0 fully saturated rings. The Kier molecular flexibility index (Phi) is 4.42. The van der Waals surface area contributed by atoms with Crippen LogP contribution in [0.25, 0.3) is 10.8 Å². The van der Waals surface area contributed by atoms with Crippen molar-refractivity contribution in [1.82, 2.24) is 0 Å². The summed E-state index contributed by atoms with van der Waals surface area (Å²) in [7, 11) is 0. The van der Waals surface area contributed by atoms with Crippen molar-refractivity contribution in [3.63, 3.8) is 0 Å². The fourth-order valence-electron chi connectivity index (χ4n) is 3.60. The molecule has 0 aliphatic heterocycles. The van der Waals surface area contributed by atoms with Crippen molar-refractivity contribution in [1.29, 1.82) is 0 Å². The van der Waals surface area contributed by atoms with Crippen LogP contribution < -0.4 is 10.6 Å². The van der Waals surface area contributed by atoms with Gasteiger partial charge in [-0.25, -0.2) is 0 Å². The largest absolute Gasteiger partial charge is 0.326 e. The maximum absolute atomic E-state index is 12.9. The van der Waals surface area contributed by atoms with Gasteiger partial charge < -0.3 is 10.6 Å². The third-order valence-corrected chi connectivity index (χ3v) is 5.20. The van der Waals surface area contributed by atoms with E-state index >= 15 is 0 Å². The minimum absolute atomic E-state index is 0.0443. The van der Waals surface area contributed by atoms with Crippen molar-refractivity contribution in [3.8, 4) is 0 Å². The van der Waals surface area contributed by atoms with Crippen LogP contribution in [0.3, 0.4) is 0 Å². The summed E-state index contributed by atoms with van der Waals surface area (Å²) in [4.78, 5) is 25.0. The Hall–Kier alpha value is -3.14. The average molecular weight is 372 g/mol. The van der Waals surface area contributed by atoms with E-state index in [0.717, 1.165) is 18.2 Å². The Morgan fingerprint density at radius 3 is 2.04 bits per heavy atom. The van der Waals surface area contributed by atoms with Crippen LogP contribution in [0.5, 0.6) is 0 Å². The van der Waals surface area contributed by atoms with Gasteiger partial charge in [-0.3, -0.25) is 9.59 Å². The van der Waals surface area contributed by atoms with Crippen LogP contribution >= 0.6 is 0 Å². The lowest BCUT2D eigenvalue weighted by molar-refractivity contribution is -0.123. The molecular formula is C24H24N2O2. The first-order valence-electron chi connectivity index (χ1n) is 9.59. The van der Waals surface area contributed by atoms with E-state index in [1.807, 2.05) is 39.0 Å². The Balaban J connectivity index is 1.54. The third-order valence-electron chi connectivity index (χ3n) is 5.20. The highest BCUT2D eigenvalue weighted by molar-refractivity contribution is 6.14. The summed E-state index contributed by atoms with van der Waals surface area (Å²) in [6.45, 7) is 5.61. The maximum atomic E-state index is 12.9. The number of carbonyl (C=O) groups is 2. The van der Waals surface area contributed by atoms with E-state index < -0.39 is 5.41 Å². The highest BCUT2D eigenvalue weighted by Crippen LogP contribution is 2.33. The molecule has 2 N–H and O–H groups in total. The van der Waals surface area contributed by atoms with Gasteiger partial charge in [-0.1, -0.05) is 45.0 Å². The van der Waals surface area contributed by atoms with Crippen molar-refractivity contribution >= 4 is 34.0 Å². The lowest BCUT2D eigenvalue weighted by atomic mass is 9.95. The molecule has 0 heterocycles. The molecule has 3 aromatic carbocycles. The first kappa shape index (κ1) is 18.2. The summed E-state index contributed by atoms with van der Waals surface area (Å²) in [6.07, 6.45) is 2.08. The molecule has 0 radical (unpaired) electrons. The number of carbonyl (C=O) groups excluding carboxylic acids is 2. The van der Waals surface area contributed by atoms with E-state index in [4.69, 9.17) is 0 Å².